The average Bonchev–Trinajstić information content (AvgIpc) is 2.43. The Morgan fingerprint density at radius 1 is 1.29 bits per heavy atom. The third-order valence-corrected chi connectivity index (χ3v) is 3.72. The van der Waals surface area contributed by atoms with E-state index in [1.807, 2.05) is 20.8 Å². The van der Waals surface area contributed by atoms with Gasteiger partial charge in [0.1, 0.15) is 17.9 Å². The molecule has 0 aliphatic carbocycles. The lowest BCUT2D eigenvalue weighted by Crippen LogP contribution is -2.65. The fraction of sp³-hybridized carbons (Fsp3) is 0.500. The SMILES string of the molecule is CCCC1NC(=O)C(C(C)C)N(c2ccccc2F)C1=O. The standard InChI is InChI=1S/C16H21FN2O2/c1-4-7-12-16(21)19(13-9-6-5-8-11(13)17)14(10(2)3)15(20)18-12/h5-6,8-10,12,14H,4,7H2,1-3H3,(H,18,20). The molecular formula is C16H21FN2O2. The summed E-state index contributed by atoms with van der Waals surface area (Å²) in [6, 6.07) is 4.84. The first-order valence-corrected chi connectivity index (χ1v) is 7.35. The topological polar surface area (TPSA) is 49.4 Å². The second-order valence-electron chi connectivity index (χ2n) is 5.70. The number of nitrogens with zero attached hydrogens (tertiary/aromatic N) is 1. The van der Waals surface area contributed by atoms with Crippen molar-refractivity contribution in [3.63, 3.8) is 0 Å². The summed E-state index contributed by atoms with van der Waals surface area (Å²) in [6.45, 7) is 5.65. The van der Waals surface area contributed by atoms with Gasteiger partial charge in [0.05, 0.1) is 5.69 Å². The van der Waals surface area contributed by atoms with Gasteiger partial charge in [-0.25, -0.2) is 4.39 Å². The maximum atomic E-state index is 14.1. The largest absolute Gasteiger partial charge is 0.342 e. The molecule has 1 heterocycles. The molecule has 1 N–H and O–H groups in total. The highest BCUT2D eigenvalue weighted by Crippen LogP contribution is 2.28. The molecule has 1 aromatic rings. The van der Waals surface area contributed by atoms with Gasteiger partial charge >= 0.3 is 0 Å². The van der Waals surface area contributed by atoms with Gasteiger partial charge in [-0.15, -0.1) is 0 Å². The van der Waals surface area contributed by atoms with Gasteiger partial charge in [-0.05, 0) is 24.5 Å². The molecule has 21 heavy (non-hydrogen) atoms. The average molecular weight is 292 g/mol. The Kier molecular flexibility index (Phi) is 4.60. The molecule has 2 rings (SSSR count). The number of amides is 2. The molecule has 0 radical (unpaired) electrons. The van der Waals surface area contributed by atoms with Crippen molar-refractivity contribution >= 4 is 17.5 Å². The molecule has 2 unspecified atom stereocenters. The highest BCUT2D eigenvalue weighted by Gasteiger charge is 2.43. The highest BCUT2D eigenvalue weighted by atomic mass is 19.1. The lowest BCUT2D eigenvalue weighted by atomic mass is 9.95. The maximum absolute atomic E-state index is 14.1. The number of nitrogens with one attached hydrogen (secondary N) is 1. The molecule has 114 valence electrons. The normalized spacial score (nSPS) is 22.6. The third-order valence-electron chi connectivity index (χ3n) is 3.72. The summed E-state index contributed by atoms with van der Waals surface area (Å²) in [7, 11) is 0. The summed E-state index contributed by atoms with van der Waals surface area (Å²) in [4.78, 5) is 26.3. The summed E-state index contributed by atoms with van der Waals surface area (Å²) >= 11 is 0. The summed E-state index contributed by atoms with van der Waals surface area (Å²) in [5, 5.41) is 2.77. The number of halogens is 1. The van der Waals surface area contributed by atoms with Crippen molar-refractivity contribution in [1.29, 1.82) is 0 Å². The quantitative estimate of drug-likeness (QED) is 0.927. The second-order valence-corrected chi connectivity index (χ2v) is 5.70. The smallest absolute Gasteiger partial charge is 0.250 e. The minimum atomic E-state index is -0.678. The van der Waals surface area contributed by atoms with E-state index in [1.165, 1.54) is 11.0 Å². The van der Waals surface area contributed by atoms with Crippen LogP contribution >= 0.6 is 0 Å². The van der Waals surface area contributed by atoms with Crippen LogP contribution in [-0.4, -0.2) is 23.9 Å². The minimum Gasteiger partial charge on any atom is -0.342 e. The van der Waals surface area contributed by atoms with E-state index in [-0.39, 0.29) is 23.4 Å². The van der Waals surface area contributed by atoms with Crippen LogP contribution in [0.4, 0.5) is 10.1 Å². The number of rotatable bonds is 4. The number of carbonyl (C=O) groups excluding carboxylic acids is 2. The van der Waals surface area contributed by atoms with E-state index < -0.39 is 17.9 Å². The molecule has 2 atom stereocenters. The van der Waals surface area contributed by atoms with Crippen LogP contribution < -0.4 is 10.2 Å². The van der Waals surface area contributed by atoms with E-state index >= 15 is 0 Å². The zero-order chi connectivity index (χ0) is 15.6. The van der Waals surface area contributed by atoms with Crippen LogP contribution in [0.2, 0.25) is 0 Å². The van der Waals surface area contributed by atoms with Crippen molar-refractivity contribution < 1.29 is 14.0 Å². The van der Waals surface area contributed by atoms with Gasteiger partial charge in [0.25, 0.3) is 0 Å². The molecule has 0 bridgehead atoms. The third kappa shape index (κ3) is 2.91. The lowest BCUT2D eigenvalue weighted by Gasteiger charge is -2.40. The predicted octanol–water partition coefficient (Wildman–Crippen LogP) is 2.48. The molecule has 5 heteroatoms. The van der Waals surface area contributed by atoms with Crippen molar-refractivity contribution in [3.05, 3.63) is 30.1 Å². The van der Waals surface area contributed by atoms with Crippen LogP contribution in [0.5, 0.6) is 0 Å². The number of benzene rings is 1. The van der Waals surface area contributed by atoms with Crippen molar-refractivity contribution in [1.82, 2.24) is 5.32 Å². The number of anilines is 1. The molecular weight excluding hydrogens is 271 g/mol. The first-order chi connectivity index (χ1) is 9.97. The minimum absolute atomic E-state index is 0.101. The van der Waals surface area contributed by atoms with Gasteiger partial charge in [0, 0.05) is 0 Å². The van der Waals surface area contributed by atoms with Crippen LogP contribution in [0.25, 0.3) is 0 Å². The van der Waals surface area contributed by atoms with Crippen molar-refractivity contribution in [3.8, 4) is 0 Å². The number of piperazine rings is 1. The Balaban J connectivity index is 2.46. The zero-order valence-electron chi connectivity index (χ0n) is 12.6. The maximum Gasteiger partial charge on any atom is 0.250 e. The summed E-state index contributed by atoms with van der Waals surface area (Å²) in [5.41, 5.74) is 0.178. The Morgan fingerprint density at radius 3 is 2.52 bits per heavy atom. The highest BCUT2D eigenvalue weighted by molar-refractivity contribution is 6.08. The number of hydrogen-bond donors (Lipinski definition) is 1. The van der Waals surface area contributed by atoms with Crippen LogP contribution in [0.1, 0.15) is 33.6 Å². The van der Waals surface area contributed by atoms with E-state index in [4.69, 9.17) is 0 Å². The summed E-state index contributed by atoms with van der Waals surface area (Å²) in [6.07, 6.45) is 1.33. The van der Waals surface area contributed by atoms with Crippen LogP contribution in [0.3, 0.4) is 0 Å². The van der Waals surface area contributed by atoms with E-state index in [0.717, 1.165) is 6.42 Å². The van der Waals surface area contributed by atoms with Crippen molar-refractivity contribution in [2.24, 2.45) is 5.92 Å². The van der Waals surface area contributed by atoms with Crippen LogP contribution in [0.15, 0.2) is 24.3 Å². The zero-order valence-corrected chi connectivity index (χ0v) is 12.6. The predicted molar refractivity (Wildman–Crippen MR) is 79.4 cm³/mol. The monoisotopic (exact) mass is 292 g/mol. The summed E-state index contributed by atoms with van der Waals surface area (Å²) in [5.74, 6) is -1.04. The van der Waals surface area contributed by atoms with Crippen molar-refractivity contribution in [2.75, 3.05) is 4.90 Å². The molecule has 1 aliphatic heterocycles. The lowest BCUT2D eigenvalue weighted by molar-refractivity contribution is -0.135. The number of para-hydroxylation sites is 1. The van der Waals surface area contributed by atoms with Crippen LogP contribution in [-0.2, 0) is 9.59 Å². The molecule has 0 saturated carbocycles. The fourth-order valence-corrected chi connectivity index (χ4v) is 2.74. The Morgan fingerprint density at radius 2 is 1.95 bits per heavy atom. The van der Waals surface area contributed by atoms with Gasteiger partial charge < -0.3 is 5.32 Å². The molecule has 1 fully saturated rings. The van der Waals surface area contributed by atoms with E-state index in [0.29, 0.717) is 6.42 Å². The van der Waals surface area contributed by atoms with E-state index in [9.17, 15) is 14.0 Å². The molecule has 4 nitrogen and oxygen atoms in total. The van der Waals surface area contributed by atoms with Gasteiger partial charge in [0.2, 0.25) is 11.8 Å². The first kappa shape index (κ1) is 15.5. The van der Waals surface area contributed by atoms with Crippen molar-refractivity contribution in [2.45, 2.75) is 45.7 Å². The molecule has 1 aliphatic rings. The van der Waals surface area contributed by atoms with Gasteiger partial charge in [-0.1, -0.05) is 39.3 Å². The van der Waals surface area contributed by atoms with E-state index in [2.05, 4.69) is 5.32 Å². The molecule has 2 amide bonds. The molecule has 0 aromatic heterocycles. The van der Waals surface area contributed by atoms with Crippen LogP contribution in [0, 0.1) is 11.7 Å². The Bertz CT molecular complexity index is 545. The molecule has 1 saturated heterocycles. The Labute approximate surface area is 124 Å². The fourth-order valence-electron chi connectivity index (χ4n) is 2.74. The number of hydrogen-bond acceptors (Lipinski definition) is 2. The number of carbonyl (C=O) groups is 2. The van der Waals surface area contributed by atoms with Gasteiger partial charge in [-0.2, -0.15) is 0 Å². The second kappa shape index (κ2) is 6.24. The van der Waals surface area contributed by atoms with Gasteiger partial charge in [0.15, 0.2) is 0 Å². The van der Waals surface area contributed by atoms with E-state index in [1.54, 1.807) is 18.2 Å². The first-order valence-electron chi connectivity index (χ1n) is 7.35. The summed E-state index contributed by atoms with van der Waals surface area (Å²) < 4.78 is 14.1. The molecule has 0 spiro atoms. The molecule has 1 aromatic carbocycles. The Hall–Kier alpha value is -1.91. The van der Waals surface area contributed by atoms with Gasteiger partial charge in [-0.3, -0.25) is 14.5 Å².